The molecule has 1 aliphatic carbocycles. The van der Waals surface area contributed by atoms with Gasteiger partial charge in [0.2, 0.25) is 0 Å². The van der Waals surface area contributed by atoms with Crippen molar-refractivity contribution in [2.45, 2.75) is 52.9 Å². The van der Waals surface area contributed by atoms with Crippen molar-refractivity contribution in [3.63, 3.8) is 0 Å². The van der Waals surface area contributed by atoms with Crippen LogP contribution in [0.4, 0.5) is 0 Å². The summed E-state index contributed by atoms with van der Waals surface area (Å²) in [5, 5.41) is 0. The van der Waals surface area contributed by atoms with E-state index in [4.69, 9.17) is 9.78 Å². The van der Waals surface area contributed by atoms with E-state index in [0.717, 1.165) is 18.9 Å². The van der Waals surface area contributed by atoms with Gasteiger partial charge in [0.1, 0.15) is 0 Å². The highest BCUT2D eigenvalue weighted by Gasteiger charge is 2.29. The second-order valence-corrected chi connectivity index (χ2v) is 6.48. The van der Waals surface area contributed by atoms with Crippen LogP contribution < -0.4 is 0 Å². The maximum absolute atomic E-state index is 12.0. The van der Waals surface area contributed by atoms with Gasteiger partial charge in [-0.25, -0.2) is 4.79 Å². The average molecular weight is 289 g/mol. The molecule has 0 spiro atoms. The van der Waals surface area contributed by atoms with Crippen LogP contribution in [0.15, 0.2) is 24.3 Å². The van der Waals surface area contributed by atoms with E-state index in [0.29, 0.717) is 23.3 Å². The van der Waals surface area contributed by atoms with Crippen molar-refractivity contribution in [2.75, 3.05) is 0 Å². The number of hydrogen-bond acceptors (Lipinski definition) is 3. The minimum absolute atomic E-state index is 0.359. The van der Waals surface area contributed by atoms with Gasteiger partial charge in [0, 0.05) is 0 Å². The molecule has 1 saturated carbocycles. The zero-order valence-corrected chi connectivity index (χ0v) is 13.4. The summed E-state index contributed by atoms with van der Waals surface area (Å²) in [7, 11) is 0. The first-order valence-corrected chi connectivity index (χ1v) is 7.82. The molecule has 0 aliphatic heterocycles. The Hall–Kier alpha value is -1.35. The third-order valence-corrected chi connectivity index (χ3v) is 4.23. The summed E-state index contributed by atoms with van der Waals surface area (Å²) in [6.07, 6.45) is 4.07. The van der Waals surface area contributed by atoms with Gasteiger partial charge < -0.3 is 0 Å². The Bertz CT molecular complexity index is 464. The summed E-state index contributed by atoms with van der Waals surface area (Å²) in [6.45, 7) is 8.56. The molecule has 115 valence electrons. The summed E-state index contributed by atoms with van der Waals surface area (Å²) in [5.74, 6) is 0.979. The van der Waals surface area contributed by atoms with Crippen molar-refractivity contribution in [2.24, 2.45) is 11.8 Å². The molecule has 21 heavy (non-hydrogen) atoms. The molecule has 1 radical (unpaired) electrons. The quantitative estimate of drug-likeness (QED) is 0.585. The summed E-state index contributed by atoms with van der Waals surface area (Å²) >= 11 is 0. The van der Waals surface area contributed by atoms with E-state index in [9.17, 15) is 4.79 Å². The van der Waals surface area contributed by atoms with Crippen LogP contribution >= 0.6 is 0 Å². The van der Waals surface area contributed by atoms with E-state index in [-0.39, 0.29) is 0 Å². The van der Waals surface area contributed by atoms with Crippen molar-refractivity contribution >= 4 is 5.97 Å². The van der Waals surface area contributed by atoms with Crippen molar-refractivity contribution in [3.8, 4) is 0 Å². The van der Waals surface area contributed by atoms with Crippen LogP contribution in [0.3, 0.4) is 0 Å². The predicted octanol–water partition coefficient (Wildman–Crippen LogP) is 4.89. The zero-order valence-electron chi connectivity index (χ0n) is 13.4. The van der Waals surface area contributed by atoms with Gasteiger partial charge in [-0.05, 0) is 48.3 Å². The standard InChI is InChI=1S/C18H25O3/c1-12(2)15-7-9-16(10-8-15)18(19)21-20-17-11-13(3)5-6-14(17)4/h7-10,12-14H,5-6,11H2,1-4H3. The summed E-state index contributed by atoms with van der Waals surface area (Å²) in [5.41, 5.74) is 1.73. The molecule has 0 heterocycles. The van der Waals surface area contributed by atoms with Crippen molar-refractivity contribution in [3.05, 3.63) is 41.5 Å². The summed E-state index contributed by atoms with van der Waals surface area (Å²) in [4.78, 5) is 22.3. The van der Waals surface area contributed by atoms with Crippen LogP contribution in [-0.2, 0) is 9.78 Å². The summed E-state index contributed by atoms with van der Waals surface area (Å²) in [6, 6.07) is 7.50. The predicted molar refractivity (Wildman–Crippen MR) is 82.5 cm³/mol. The minimum atomic E-state index is -0.428. The van der Waals surface area contributed by atoms with Crippen molar-refractivity contribution in [1.82, 2.24) is 0 Å². The molecule has 0 saturated heterocycles. The van der Waals surface area contributed by atoms with Crippen LogP contribution in [0.2, 0.25) is 0 Å². The first-order chi connectivity index (χ1) is 9.97. The fourth-order valence-electron chi connectivity index (χ4n) is 2.60. The minimum Gasteiger partial charge on any atom is -0.292 e. The highest BCUT2D eigenvalue weighted by Crippen LogP contribution is 2.35. The Labute approximate surface area is 127 Å². The third kappa shape index (κ3) is 4.31. The second-order valence-electron chi connectivity index (χ2n) is 6.48. The SMILES string of the molecule is CC1CCC(C)[C](OOC(=O)c2ccc(C(C)C)cc2)C1. The monoisotopic (exact) mass is 289 g/mol. The molecule has 0 amide bonds. The molecule has 0 bridgehead atoms. The van der Waals surface area contributed by atoms with Crippen LogP contribution in [0.1, 0.15) is 68.8 Å². The fraction of sp³-hybridized carbons (Fsp3) is 0.556. The van der Waals surface area contributed by atoms with Gasteiger partial charge in [0.25, 0.3) is 0 Å². The molecule has 3 heteroatoms. The molecule has 0 aromatic heterocycles. The van der Waals surface area contributed by atoms with Gasteiger partial charge in [0.15, 0.2) is 6.10 Å². The van der Waals surface area contributed by atoms with Crippen molar-refractivity contribution < 1.29 is 14.6 Å². The maximum atomic E-state index is 12.0. The Balaban J connectivity index is 1.89. The summed E-state index contributed by atoms with van der Waals surface area (Å²) < 4.78 is 0. The van der Waals surface area contributed by atoms with Crippen molar-refractivity contribution in [1.29, 1.82) is 0 Å². The van der Waals surface area contributed by atoms with Gasteiger partial charge in [-0.1, -0.05) is 46.2 Å². The third-order valence-electron chi connectivity index (χ3n) is 4.23. The Morgan fingerprint density at radius 1 is 1.14 bits per heavy atom. The lowest BCUT2D eigenvalue weighted by Gasteiger charge is -2.29. The van der Waals surface area contributed by atoms with E-state index in [1.165, 1.54) is 12.0 Å². The lowest BCUT2D eigenvalue weighted by molar-refractivity contribution is -0.248. The van der Waals surface area contributed by atoms with Gasteiger partial charge >= 0.3 is 5.97 Å². The number of hydrogen-bond donors (Lipinski definition) is 0. The van der Waals surface area contributed by atoms with E-state index >= 15 is 0 Å². The molecular weight excluding hydrogens is 264 g/mol. The molecular formula is C18H25O3. The molecule has 2 rings (SSSR count). The van der Waals surface area contributed by atoms with Gasteiger partial charge in [-0.15, -0.1) is 0 Å². The molecule has 2 unspecified atom stereocenters. The molecule has 1 fully saturated rings. The van der Waals surface area contributed by atoms with E-state index in [1.807, 2.05) is 12.1 Å². The van der Waals surface area contributed by atoms with E-state index in [1.54, 1.807) is 12.1 Å². The number of benzene rings is 1. The molecule has 0 N–H and O–H groups in total. The maximum Gasteiger partial charge on any atom is 0.373 e. The molecule has 1 aliphatic rings. The number of carbonyl (C=O) groups is 1. The lowest BCUT2D eigenvalue weighted by Crippen LogP contribution is -2.23. The topological polar surface area (TPSA) is 35.5 Å². The smallest absolute Gasteiger partial charge is 0.292 e. The first-order valence-electron chi connectivity index (χ1n) is 7.82. The fourth-order valence-corrected chi connectivity index (χ4v) is 2.60. The van der Waals surface area contributed by atoms with Gasteiger partial charge in [0.05, 0.1) is 5.56 Å². The Morgan fingerprint density at radius 3 is 2.43 bits per heavy atom. The average Bonchev–Trinajstić information content (AvgIpc) is 2.48. The van der Waals surface area contributed by atoms with E-state index in [2.05, 4.69) is 27.7 Å². The van der Waals surface area contributed by atoms with Crippen LogP contribution in [0.5, 0.6) is 0 Å². The second kappa shape index (κ2) is 7.08. The number of carbonyl (C=O) groups excluding carboxylic acids is 1. The van der Waals surface area contributed by atoms with Crippen LogP contribution in [0.25, 0.3) is 0 Å². The normalized spacial score (nSPS) is 23.3. The van der Waals surface area contributed by atoms with Crippen LogP contribution in [-0.4, -0.2) is 5.97 Å². The first kappa shape index (κ1) is 16.0. The molecule has 1 aromatic rings. The Kier molecular flexibility index (Phi) is 5.40. The number of rotatable bonds is 4. The van der Waals surface area contributed by atoms with Crippen LogP contribution in [0, 0.1) is 17.9 Å². The molecule has 3 nitrogen and oxygen atoms in total. The van der Waals surface area contributed by atoms with E-state index < -0.39 is 5.97 Å². The largest absolute Gasteiger partial charge is 0.373 e. The van der Waals surface area contributed by atoms with Gasteiger partial charge in [-0.2, -0.15) is 4.89 Å². The highest BCUT2D eigenvalue weighted by atomic mass is 17.2. The lowest BCUT2D eigenvalue weighted by atomic mass is 9.82. The van der Waals surface area contributed by atoms with Gasteiger partial charge in [-0.3, -0.25) is 4.89 Å². The zero-order chi connectivity index (χ0) is 15.4. The Morgan fingerprint density at radius 2 is 1.81 bits per heavy atom. The molecule has 2 atom stereocenters. The molecule has 1 aromatic carbocycles. The highest BCUT2D eigenvalue weighted by molar-refractivity contribution is 5.88.